The molecule has 178 valence electrons. The van der Waals surface area contributed by atoms with Gasteiger partial charge in [-0.25, -0.2) is 8.42 Å². The smallest absolute Gasteiger partial charge is 0.252 e. The number of nitrogens with zero attached hydrogens (tertiary/aromatic N) is 1. The molecule has 8 nitrogen and oxygen atoms in total. The lowest BCUT2D eigenvalue weighted by molar-refractivity contribution is -0.115. The summed E-state index contributed by atoms with van der Waals surface area (Å²) in [6.07, 6.45) is 2.65. The molecule has 2 N–H and O–H groups in total. The predicted molar refractivity (Wildman–Crippen MR) is 127 cm³/mol. The molecule has 0 radical (unpaired) electrons. The van der Waals surface area contributed by atoms with E-state index in [1.165, 1.54) is 23.5 Å². The highest BCUT2D eigenvalue weighted by molar-refractivity contribution is 7.89. The van der Waals surface area contributed by atoms with Gasteiger partial charge < -0.3 is 15.4 Å². The van der Waals surface area contributed by atoms with Gasteiger partial charge >= 0.3 is 0 Å². The van der Waals surface area contributed by atoms with Gasteiger partial charge in [0.05, 0.1) is 24.2 Å². The minimum Gasteiger partial charge on any atom is -0.495 e. The van der Waals surface area contributed by atoms with Crippen molar-refractivity contribution < 1.29 is 22.7 Å². The van der Waals surface area contributed by atoms with Crippen LogP contribution in [0.1, 0.15) is 47.7 Å². The van der Waals surface area contributed by atoms with Crippen LogP contribution in [0, 0.1) is 13.8 Å². The van der Waals surface area contributed by atoms with Crippen LogP contribution < -0.4 is 15.4 Å². The van der Waals surface area contributed by atoms with Gasteiger partial charge in [-0.15, -0.1) is 0 Å². The number of methoxy groups -OCH3 is 1. The van der Waals surface area contributed by atoms with Gasteiger partial charge in [0.1, 0.15) is 5.75 Å². The Balaban J connectivity index is 1.71. The highest BCUT2D eigenvalue weighted by atomic mass is 32.2. The average molecular weight is 474 g/mol. The molecule has 1 unspecified atom stereocenters. The first-order valence-corrected chi connectivity index (χ1v) is 12.4. The van der Waals surface area contributed by atoms with Crippen LogP contribution in [0.25, 0.3) is 0 Å². The van der Waals surface area contributed by atoms with E-state index in [4.69, 9.17) is 4.74 Å². The molecule has 0 bridgehead atoms. The van der Waals surface area contributed by atoms with Gasteiger partial charge in [0, 0.05) is 18.2 Å². The first kappa shape index (κ1) is 24.7. The van der Waals surface area contributed by atoms with E-state index in [2.05, 4.69) is 10.6 Å². The van der Waals surface area contributed by atoms with Crippen molar-refractivity contribution in [3.63, 3.8) is 0 Å². The topological polar surface area (TPSA) is 105 Å². The number of carbonyl (C=O) groups excluding carboxylic acids is 2. The van der Waals surface area contributed by atoms with Gasteiger partial charge in [0.2, 0.25) is 15.9 Å². The first-order chi connectivity index (χ1) is 15.6. The summed E-state index contributed by atoms with van der Waals surface area (Å²) in [6.45, 7) is 5.73. The Kier molecular flexibility index (Phi) is 7.76. The maximum atomic E-state index is 13.2. The number of anilines is 1. The number of aryl methyl sites for hydroxylation is 2. The van der Waals surface area contributed by atoms with E-state index in [1.54, 1.807) is 25.1 Å². The molecule has 33 heavy (non-hydrogen) atoms. The van der Waals surface area contributed by atoms with E-state index in [1.807, 2.05) is 19.9 Å². The molecule has 9 heteroatoms. The lowest BCUT2D eigenvalue weighted by Gasteiger charge is -2.32. The highest BCUT2D eigenvalue weighted by Gasteiger charge is 2.31. The van der Waals surface area contributed by atoms with E-state index in [-0.39, 0.29) is 23.0 Å². The fourth-order valence-electron chi connectivity index (χ4n) is 3.94. The Morgan fingerprint density at radius 2 is 1.88 bits per heavy atom. The number of sulfonamides is 1. The SMILES string of the molecule is COc1ccc(C)cc1NC(=O)CNC(=O)c1cc(S(=O)(=O)N2CCCCC2C)ccc1C. The second-order valence-electron chi connectivity index (χ2n) is 8.37. The molecule has 1 atom stereocenters. The van der Waals surface area contributed by atoms with Crippen molar-refractivity contribution in [1.29, 1.82) is 0 Å². The quantitative estimate of drug-likeness (QED) is 0.642. The number of ether oxygens (including phenoxy) is 1. The zero-order valence-corrected chi connectivity index (χ0v) is 20.3. The molecule has 1 saturated heterocycles. The second kappa shape index (κ2) is 10.4. The van der Waals surface area contributed by atoms with Crippen molar-refractivity contribution in [3.05, 3.63) is 53.1 Å². The van der Waals surface area contributed by atoms with Crippen LogP contribution in [0.2, 0.25) is 0 Å². The largest absolute Gasteiger partial charge is 0.495 e. The standard InChI is InChI=1S/C24H31N3O5S/c1-16-8-11-22(32-4)21(13-16)26-23(28)15-25-24(29)20-14-19(10-9-17(20)2)33(30,31)27-12-6-5-7-18(27)3/h8-11,13-14,18H,5-7,12,15H2,1-4H3,(H,25,29)(H,26,28). The molecular weight excluding hydrogens is 442 g/mol. The molecule has 0 aromatic heterocycles. The average Bonchev–Trinajstić information content (AvgIpc) is 2.78. The van der Waals surface area contributed by atoms with Crippen LogP contribution in [0.4, 0.5) is 5.69 Å². The van der Waals surface area contributed by atoms with Crippen molar-refractivity contribution >= 4 is 27.5 Å². The van der Waals surface area contributed by atoms with Crippen LogP contribution in [0.15, 0.2) is 41.3 Å². The van der Waals surface area contributed by atoms with Gasteiger partial charge in [-0.1, -0.05) is 18.6 Å². The summed E-state index contributed by atoms with van der Waals surface area (Å²) >= 11 is 0. The van der Waals surface area contributed by atoms with Crippen LogP contribution in [-0.4, -0.2) is 50.8 Å². The molecule has 0 spiro atoms. The molecule has 2 aromatic rings. The molecule has 2 amide bonds. The Labute approximate surface area is 195 Å². The van der Waals surface area contributed by atoms with Crippen LogP contribution in [0.5, 0.6) is 5.75 Å². The summed E-state index contributed by atoms with van der Waals surface area (Å²) in [5.41, 5.74) is 2.31. The first-order valence-electron chi connectivity index (χ1n) is 11.0. The van der Waals surface area contributed by atoms with Crippen molar-refractivity contribution in [1.82, 2.24) is 9.62 Å². The van der Waals surface area contributed by atoms with Crippen molar-refractivity contribution in [2.45, 2.75) is 51.0 Å². The van der Waals surface area contributed by atoms with E-state index in [9.17, 15) is 18.0 Å². The number of rotatable bonds is 7. The lowest BCUT2D eigenvalue weighted by Crippen LogP contribution is -2.42. The number of amides is 2. The normalized spacial score (nSPS) is 16.8. The zero-order chi connectivity index (χ0) is 24.2. The fraction of sp³-hybridized carbons (Fsp3) is 0.417. The molecule has 2 aromatic carbocycles. The highest BCUT2D eigenvalue weighted by Crippen LogP contribution is 2.27. The maximum absolute atomic E-state index is 13.2. The minimum absolute atomic E-state index is 0.0790. The van der Waals surface area contributed by atoms with E-state index < -0.39 is 21.8 Å². The molecule has 1 fully saturated rings. The monoisotopic (exact) mass is 473 g/mol. The number of nitrogens with one attached hydrogen (secondary N) is 2. The van der Waals surface area contributed by atoms with Crippen molar-refractivity contribution in [2.75, 3.05) is 25.5 Å². The van der Waals surface area contributed by atoms with Gasteiger partial charge in [0.25, 0.3) is 5.91 Å². The predicted octanol–water partition coefficient (Wildman–Crippen LogP) is 3.24. The van der Waals surface area contributed by atoms with Crippen molar-refractivity contribution in [3.8, 4) is 5.75 Å². The van der Waals surface area contributed by atoms with Crippen LogP contribution in [0.3, 0.4) is 0 Å². The van der Waals surface area contributed by atoms with Crippen LogP contribution in [-0.2, 0) is 14.8 Å². The molecular formula is C24H31N3O5S. The number of hydrogen-bond acceptors (Lipinski definition) is 5. The third-order valence-electron chi connectivity index (χ3n) is 5.84. The number of benzene rings is 2. The number of piperidine rings is 1. The number of carbonyl (C=O) groups is 2. The summed E-state index contributed by atoms with van der Waals surface area (Å²) in [5.74, 6) is -0.417. The summed E-state index contributed by atoms with van der Waals surface area (Å²) in [4.78, 5) is 25.3. The molecule has 0 saturated carbocycles. The molecule has 0 aliphatic carbocycles. The summed E-state index contributed by atoms with van der Waals surface area (Å²) in [6, 6.07) is 9.85. The van der Waals surface area contributed by atoms with Gasteiger partial charge in [-0.2, -0.15) is 4.31 Å². The Hall–Kier alpha value is -2.91. The summed E-state index contributed by atoms with van der Waals surface area (Å²) < 4.78 is 33.1. The Morgan fingerprint density at radius 3 is 2.58 bits per heavy atom. The third kappa shape index (κ3) is 5.72. The second-order valence-corrected chi connectivity index (χ2v) is 10.3. The van der Waals surface area contributed by atoms with E-state index in [0.717, 1.165) is 24.8 Å². The molecule has 1 aliphatic rings. The molecule has 1 heterocycles. The lowest BCUT2D eigenvalue weighted by atomic mass is 10.1. The van der Waals surface area contributed by atoms with E-state index >= 15 is 0 Å². The number of hydrogen-bond donors (Lipinski definition) is 2. The van der Waals surface area contributed by atoms with Crippen LogP contribution >= 0.6 is 0 Å². The summed E-state index contributed by atoms with van der Waals surface area (Å²) in [7, 11) is -2.20. The third-order valence-corrected chi connectivity index (χ3v) is 7.85. The Morgan fingerprint density at radius 1 is 1.12 bits per heavy atom. The van der Waals surface area contributed by atoms with Crippen molar-refractivity contribution in [2.24, 2.45) is 0 Å². The maximum Gasteiger partial charge on any atom is 0.252 e. The van der Waals surface area contributed by atoms with E-state index in [0.29, 0.717) is 23.5 Å². The van der Waals surface area contributed by atoms with Gasteiger partial charge in [-0.3, -0.25) is 9.59 Å². The Bertz CT molecular complexity index is 1150. The molecule has 1 aliphatic heterocycles. The zero-order valence-electron chi connectivity index (χ0n) is 19.5. The molecule has 3 rings (SSSR count). The summed E-state index contributed by atoms with van der Waals surface area (Å²) in [5, 5.41) is 5.30. The van der Waals surface area contributed by atoms with Gasteiger partial charge in [0.15, 0.2) is 0 Å². The van der Waals surface area contributed by atoms with Gasteiger partial charge in [-0.05, 0) is 69.0 Å². The minimum atomic E-state index is -3.71. The fourth-order valence-corrected chi connectivity index (χ4v) is 5.67.